The van der Waals surface area contributed by atoms with Crippen molar-refractivity contribution in [1.82, 2.24) is 0 Å². The molecular formula is C17H21NO3S. The van der Waals surface area contributed by atoms with Gasteiger partial charge in [0.05, 0.1) is 17.7 Å². The van der Waals surface area contributed by atoms with E-state index in [1.165, 1.54) is 12.1 Å². The summed E-state index contributed by atoms with van der Waals surface area (Å²) < 4.78 is 32.8. The van der Waals surface area contributed by atoms with Crippen molar-refractivity contribution in [3.63, 3.8) is 0 Å². The van der Waals surface area contributed by atoms with E-state index in [1.807, 2.05) is 18.2 Å². The molecule has 2 aromatic rings. The molecule has 0 spiro atoms. The summed E-state index contributed by atoms with van der Waals surface area (Å²) in [4.78, 5) is 0.215. The van der Waals surface area contributed by atoms with E-state index in [0.717, 1.165) is 12.0 Å². The summed E-state index contributed by atoms with van der Waals surface area (Å²) in [7, 11) is -2.06. The number of ether oxygens (including phenoxy) is 1. The second-order valence-electron chi connectivity index (χ2n) is 5.18. The Bertz CT molecular complexity index is 724. The predicted octanol–water partition coefficient (Wildman–Crippen LogP) is 4.01. The van der Waals surface area contributed by atoms with Gasteiger partial charge in [0.2, 0.25) is 0 Å². The monoisotopic (exact) mass is 319 g/mol. The van der Waals surface area contributed by atoms with Crippen LogP contribution in [0, 0.1) is 0 Å². The third-order valence-corrected chi connectivity index (χ3v) is 5.10. The number of anilines is 1. The predicted molar refractivity (Wildman–Crippen MR) is 89.0 cm³/mol. The van der Waals surface area contributed by atoms with Gasteiger partial charge in [0.15, 0.2) is 0 Å². The first-order valence-corrected chi connectivity index (χ1v) is 8.72. The van der Waals surface area contributed by atoms with Crippen LogP contribution < -0.4 is 9.46 Å². The van der Waals surface area contributed by atoms with Crippen LogP contribution >= 0.6 is 0 Å². The van der Waals surface area contributed by atoms with Crippen LogP contribution in [0.15, 0.2) is 53.4 Å². The highest BCUT2D eigenvalue weighted by Gasteiger charge is 2.17. The fraction of sp³-hybridized carbons (Fsp3) is 0.294. The molecule has 1 atom stereocenters. The van der Waals surface area contributed by atoms with Gasteiger partial charge in [-0.05, 0) is 48.2 Å². The maximum absolute atomic E-state index is 12.5. The zero-order valence-electron chi connectivity index (χ0n) is 13.0. The lowest BCUT2D eigenvalue weighted by molar-refractivity contribution is 0.414. The van der Waals surface area contributed by atoms with Crippen LogP contribution in [0.4, 0.5) is 5.69 Å². The SMILES string of the molecule is CC[C@H](C)c1ccccc1NS(=O)(=O)c1ccc(OC)cc1. The first kappa shape index (κ1) is 16.4. The fourth-order valence-corrected chi connectivity index (χ4v) is 3.29. The van der Waals surface area contributed by atoms with Gasteiger partial charge in [0.1, 0.15) is 5.75 Å². The third kappa shape index (κ3) is 3.60. The second-order valence-corrected chi connectivity index (χ2v) is 6.86. The fourth-order valence-electron chi connectivity index (χ4n) is 2.20. The van der Waals surface area contributed by atoms with Gasteiger partial charge in [-0.15, -0.1) is 0 Å². The Morgan fingerprint density at radius 2 is 1.73 bits per heavy atom. The molecule has 0 bridgehead atoms. The molecule has 5 heteroatoms. The molecule has 118 valence electrons. The van der Waals surface area contributed by atoms with Crippen molar-refractivity contribution in [2.24, 2.45) is 0 Å². The number of hydrogen-bond acceptors (Lipinski definition) is 3. The van der Waals surface area contributed by atoms with Crippen molar-refractivity contribution in [2.75, 3.05) is 11.8 Å². The lowest BCUT2D eigenvalue weighted by Crippen LogP contribution is -2.14. The Morgan fingerprint density at radius 3 is 2.32 bits per heavy atom. The van der Waals surface area contributed by atoms with Gasteiger partial charge in [0.25, 0.3) is 10.0 Å². The molecule has 22 heavy (non-hydrogen) atoms. The average molecular weight is 319 g/mol. The molecule has 0 saturated carbocycles. The van der Waals surface area contributed by atoms with Crippen LogP contribution in [0.25, 0.3) is 0 Å². The van der Waals surface area contributed by atoms with E-state index in [4.69, 9.17) is 4.74 Å². The lowest BCUT2D eigenvalue weighted by atomic mass is 9.97. The Kier molecular flexibility index (Phi) is 5.08. The van der Waals surface area contributed by atoms with Gasteiger partial charge < -0.3 is 4.74 Å². The summed E-state index contributed by atoms with van der Waals surface area (Å²) in [5.74, 6) is 0.911. The molecule has 0 radical (unpaired) electrons. The van der Waals surface area contributed by atoms with Crippen LogP contribution in [0.3, 0.4) is 0 Å². The molecule has 0 fully saturated rings. The molecule has 0 unspecified atom stereocenters. The van der Waals surface area contributed by atoms with E-state index in [1.54, 1.807) is 25.3 Å². The van der Waals surface area contributed by atoms with Gasteiger partial charge in [0, 0.05) is 0 Å². The van der Waals surface area contributed by atoms with Gasteiger partial charge in [-0.25, -0.2) is 8.42 Å². The Labute approximate surface area is 132 Å². The zero-order valence-corrected chi connectivity index (χ0v) is 13.9. The molecule has 0 aliphatic heterocycles. The molecule has 0 aromatic heterocycles. The zero-order chi connectivity index (χ0) is 16.2. The molecule has 0 heterocycles. The smallest absolute Gasteiger partial charge is 0.261 e. The van der Waals surface area contributed by atoms with Crippen LogP contribution in [-0.4, -0.2) is 15.5 Å². The number of hydrogen-bond donors (Lipinski definition) is 1. The van der Waals surface area contributed by atoms with E-state index in [0.29, 0.717) is 11.4 Å². The summed E-state index contributed by atoms with van der Waals surface area (Å²) in [5.41, 5.74) is 1.63. The quantitative estimate of drug-likeness (QED) is 0.875. The summed E-state index contributed by atoms with van der Waals surface area (Å²) in [6, 6.07) is 13.8. The molecule has 2 rings (SSSR count). The van der Waals surface area contributed by atoms with E-state index < -0.39 is 10.0 Å². The first-order chi connectivity index (χ1) is 10.5. The molecule has 2 aromatic carbocycles. The molecule has 0 amide bonds. The molecule has 0 saturated heterocycles. The van der Waals surface area contributed by atoms with Crippen molar-refractivity contribution in [3.8, 4) is 5.75 Å². The Hall–Kier alpha value is -2.01. The highest BCUT2D eigenvalue weighted by atomic mass is 32.2. The van der Waals surface area contributed by atoms with E-state index in [-0.39, 0.29) is 10.8 Å². The van der Waals surface area contributed by atoms with Crippen molar-refractivity contribution in [2.45, 2.75) is 31.1 Å². The maximum Gasteiger partial charge on any atom is 0.261 e. The van der Waals surface area contributed by atoms with Gasteiger partial charge >= 0.3 is 0 Å². The number of nitrogens with one attached hydrogen (secondary N) is 1. The van der Waals surface area contributed by atoms with E-state index >= 15 is 0 Å². The molecule has 0 aliphatic rings. The maximum atomic E-state index is 12.5. The van der Waals surface area contributed by atoms with Crippen LogP contribution in [-0.2, 0) is 10.0 Å². The minimum absolute atomic E-state index is 0.215. The standard InChI is InChI=1S/C17H21NO3S/c1-4-13(2)16-7-5-6-8-17(16)18-22(19,20)15-11-9-14(21-3)10-12-15/h5-13,18H,4H2,1-3H3/t13-/m0/s1. The van der Waals surface area contributed by atoms with Crippen molar-refractivity contribution < 1.29 is 13.2 Å². The average Bonchev–Trinajstić information content (AvgIpc) is 2.54. The highest BCUT2D eigenvalue weighted by Crippen LogP contribution is 2.28. The summed E-state index contributed by atoms with van der Waals surface area (Å²) >= 11 is 0. The van der Waals surface area contributed by atoms with Crippen molar-refractivity contribution >= 4 is 15.7 Å². The number of methoxy groups -OCH3 is 1. The molecule has 0 aliphatic carbocycles. The molecule has 4 nitrogen and oxygen atoms in total. The van der Waals surface area contributed by atoms with Crippen molar-refractivity contribution in [3.05, 3.63) is 54.1 Å². The highest BCUT2D eigenvalue weighted by molar-refractivity contribution is 7.92. The van der Waals surface area contributed by atoms with E-state index in [9.17, 15) is 8.42 Å². The van der Waals surface area contributed by atoms with Crippen LogP contribution in [0.5, 0.6) is 5.75 Å². The Balaban J connectivity index is 2.32. The molecular weight excluding hydrogens is 298 g/mol. The van der Waals surface area contributed by atoms with E-state index in [2.05, 4.69) is 18.6 Å². The topological polar surface area (TPSA) is 55.4 Å². The first-order valence-electron chi connectivity index (χ1n) is 7.23. The van der Waals surface area contributed by atoms with Gasteiger partial charge in [-0.3, -0.25) is 4.72 Å². The lowest BCUT2D eigenvalue weighted by Gasteiger charge is -2.16. The number of para-hydroxylation sites is 1. The largest absolute Gasteiger partial charge is 0.497 e. The summed E-state index contributed by atoms with van der Waals surface area (Å²) in [5, 5.41) is 0. The van der Waals surface area contributed by atoms with Gasteiger partial charge in [-0.2, -0.15) is 0 Å². The summed E-state index contributed by atoms with van der Waals surface area (Å²) in [6.07, 6.45) is 0.946. The number of benzene rings is 2. The second kappa shape index (κ2) is 6.83. The minimum atomic E-state index is -3.61. The van der Waals surface area contributed by atoms with Crippen LogP contribution in [0.1, 0.15) is 31.7 Å². The number of rotatable bonds is 6. The van der Waals surface area contributed by atoms with Gasteiger partial charge in [-0.1, -0.05) is 32.0 Å². The molecule has 1 N–H and O–H groups in total. The summed E-state index contributed by atoms with van der Waals surface area (Å²) in [6.45, 7) is 4.17. The number of sulfonamides is 1. The normalized spacial score (nSPS) is 12.7. The minimum Gasteiger partial charge on any atom is -0.497 e. The third-order valence-electron chi connectivity index (χ3n) is 3.72. The van der Waals surface area contributed by atoms with Crippen LogP contribution in [0.2, 0.25) is 0 Å². The Morgan fingerprint density at radius 1 is 1.09 bits per heavy atom. The van der Waals surface area contributed by atoms with Crippen molar-refractivity contribution in [1.29, 1.82) is 0 Å².